The highest BCUT2D eigenvalue weighted by molar-refractivity contribution is 5.74. The highest BCUT2D eigenvalue weighted by Crippen LogP contribution is 2.42. The number of carbonyl (C=O) groups excluding carboxylic acids is 1. The quantitative estimate of drug-likeness (QED) is 0.803. The minimum Gasteiger partial charge on any atom is -0.388 e. The fourth-order valence-corrected chi connectivity index (χ4v) is 4.37. The average Bonchev–Trinajstić information content (AvgIpc) is 2.70. The number of carbonyl (C=O) groups is 1. The van der Waals surface area contributed by atoms with Crippen molar-refractivity contribution in [1.29, 1.82) is 0 Å². The van der Waals surface area contributed by atoms with E-state index < -0.39 is 6.10 Å². The molecule has 2 aliphatic heterocycles. The number of fused-ring (bicyclic) bond motifs is 1. The van der Waals surface area contributed by atoms with E-state index in [1.165, 1.54) is 24.3 Å². The van der Waals surface area contributed by atoms with Crippen molar-refractivity contribution in [2.75, 3.05) is 25.5 Å². The number of anilines is 1. The Morgan fingerprint density at radius 2 is 1.83 bits per heavy atom. The van der Waals surface area contributed by atoms with Gasteiger partial charge in [0, 0.05) is 49.9 Å². The summed E-state index contributed by atoms with van der Waals surface area (Å²) in [4.78, 5) is 16.2. The van der Waals surface area contributed by atoms with Gasteiger partial charge in [0.05, 0.1) is 6.10 Å². The molecule has 154 valence electrons. The molecule has 1 fully saturated rings. The second-order valence-corrected chi connectivity index (χ2v) is 8.11. The zero-order valence-corrected chi connectivity index (χ0v) is 16.4. The number of halogens is 2. The number of aliphatic hydroxyl groups is 1. The maximum Gasteiger partial charge on any atom is 0.320 e. The Balaban J connectivity index is 1.38. The molecule has 1 spiro atoms. The largest absolute Gasteiger partial charge is 0.388 e. The number of piperidine rings is 1. The van der Waals surface area contributed by atoms with Crippen molar-refractivity contribution >= 4 is 11.7 Å². The molecule has 5 nitrogen and oxygen atoms in total. The molecule has 2 aliphatic rings. The minimum absolute atomic E-state index is 0.0667. The van der Waals surface area contributed by atoms with Crippen LogP contribution in [0.4, 0.5) is 19.3 Å². The Kier molecular flexibility index (Phi) is 5.17. The molecule has 2 aromatic rings. The second-order valence-electron chi connectivity index (χ2n) is 8.11. The Morgan fingerprint density at radius 3 is 2.52 bits per heavy atom. The molecule has 0 radical (unpaired) electrons. The highest BCUT2D eigenvalue weighted by Gasteiger charge is 2.41. The Bertz CT molecular complexity index is 895. The number of nitrogens with one attached hydrogen (secondary N) is 1. The number of likely N-dealkylation sites (tertiary alicyclic amines) is 1. The summed E-state index contributed by atoms with van der Waals surface area (Å²) in [6.07, 6.45) is 1.19. The van der Waals surface area contributed by atoms with Crippen LogP contribution in [0.5, 0.6) is 0 Å². The van der Waals surface area contributed by atoms with Gasteiger partial charge in [-0.25, -0.2) is 13.6 Å². The number of rotatable bonds is 2. The zero-order valence-electron chi connectivity index (χ0n) is 16.4. The van der Waals surface area contributed by atoms with Crippen molar-refractivity contribution < 1.29 is 18.7 Å². The summed E-state index contributed by atoms with van der Waals surface area (Å²) in [7, 11) is 1.74. The molecule has 0 aromatic heterocycles. The van der Waals surface area contributed by atoms with Crippen LogP contribution in [-0.4, -0.2) is 46.6 Å². The first-order valence-electron chi connectivity index (χ1n) is 9.85. The lowest BCUT2D eigenvalue weighted by atomic mass is 9.77. The Morgan fingerprint density at radius 1 is 1.17 bits per heavy atom. The van der Waals surface area contributed by atoms with Gasteiger partial charge in [-0.3, -0.25) is 0 Å². The molecule has 0 aliphatic carbocycles. The van der Waals surface area contributed by atoms with Gasteiger partial charge in [0.25, 0.3) is 0 Å². The number of benzene rings is 2. The molecule has 29 heavy (non-hydrogen) atoms. The highest BCUT2D eigenvalue weighted by atomic mass is 19.1. The lowest BCUT2D eigenvalue weighted by Gasteiger charge is -2.47. The summed E-state index contributed by atoms with van der Waals surface area (Å²) in [5.74, 6) is -0.652. The van der Waals surface area contributed by atoms with Crippen LogP contribution in [0.3, 0.4) is 0 Å². The maximum atomic E-state index is 13.5. The normalized spacial score (nSPS) is 20.1. The van der Waals surface area contributed by atoms with E-state index in [0.717, 1.165) is 11.3 Å². The fourth-order valence-electron chi connectivity index (χ4n) is 4.37. The monoisotopic (exact) mass is 401 g/mol. The third-order valence-electron chi connectivity index (χ3n) is 6.01. The van der Waals surface area contributed by atoms with Crippen LogP contribution >= 0.6 is 0 Å². The van der Waals surface area contributed by atoms with Gasteiger partial charge >= 0.3 is 6.03 Å². The summed E-state index contributed by atoms with van der Waals surface area (Å²) in [5, 5.41) is 14.0. The molecular weight excluding hydrogens is 376 g/mol. The van der Waals surface area contributed by atoms with E-state index in [1.807, 2.05) is 4.90 Å². The van der Waals surface area contributed by atoms with Gasteiger partial charge in [-0.2, -0.15) is 0 Å². The zero-order chi connectivity index (χ0) is 20.6. The smallest absolute Gasteiger partial charge is 0.320 e. The average molecular weight is 401 g/mol. The number of hydrogen-bond donors (Lipinski definition) is 2. The number of nitrogens with zero attached hydrogens (tertiary/aromatic N) is 2. The molecule has 2 N–H and O–H groups in total. The third-order valence-corrected chi connectivity index (χ3v) is 6.01. The van der Waals surface area contributed by atoms with Gasteiger partial charge in [-0.15, -0.1) is 0 Å². The van der Waals surface area contributed by atoms with Crippen LogP contribution in [0.1, 0.15) is 36.5 Å². The summed E-state index contributed by atoms with van der Waals surface area (Å²) in [6.45, 7) is 1.56. The Hall–Kier alpha value is -2.67. The molecule has 7 heteroatoms. The number of urea groups is 1. The molecule has 2 heterocycles. The SMILES string of the molecule is CN(Cc1ccc(F)cc1)C(=O)N1CCC2(CC1)CC(O)c1cc(F)ccc1N2. The minimum atomic E-state index is -0.717. The molecule has 4 rings (SSSR count). The van der Waals surface area contributed by atoms with Crippen LogP contribution < -0.4 is 5.32 Å². The van der Waals surface area contributed by atoms with Crippen LogP contribution in [-0.2, 0) is 6.54 Å². The van der Waals surface area contributed by atoms with E-state index in [-0.39, 0.29) is 23.2 Å². The fraction of sp³-hybridized carbons (Fsp3) is 0.409. The van der Waals surface area contributed by atoms with Gasteiger partial charge < -0.3 is 20.2 Å². The summed E-state index contributed by atoms with van der Waals surface area (Å²) >= 11 is 0. The first kappa shape index (κ1) is 19.6. The molecule has 2 amide bonds. The van der Waals surface area contributed by atoms with Crippen molar-refractivity contribution in [2.24, 2.45) is 0 Å². The molecular formula is C22H25F2N3O2. The van der Waals surface area contributed by atoms with Crippen molar-refractivity contribution in [3.63, 3.8) is 0 Å². The third kappa shape index (κ3) is 4.05. The van der Waals surface area contributed by atoms with E-state index in [9.17, 15) is 18.7 Å². The van der Waals surface area contributed by atoms with Crippen molar-refractivity contribution in [2.45, 2.75) is 37.5 Å². The van der Waals surface area contributed by atoms with Gasteiger partial charge in [-0.05, 0) is 48.7 Å². The van der Waals surface area contributed by atoms with Gasteiger partial charge in [0.1, 0.15) is 11.6 Å². The predicted molar refractivity (Wildman–Crippen MR) is 106 cm³/mol. The molecule has 0 saturated carbocycles. The summed E-state index contributed by atoms with van der Waals surface area (Å²) < 4.78 is 26.5. The van der Waals surface area contributed by atoms with Crippen molar-refractivity contribution in [3.8, 4) is 0 Å². The van der Waals surface area contributed by atoms with Crippen LogP contribution in [0.15, 0.2) is 42.5 Å². The number of aliphatic hydroxyl groups excluding tert-OH is 1. The van der Waals surface area contributed by atoms with Crippen LogP contribution in [0.25, 0.3) is 0 Å². The summed E-state index contributed by atoms with van der Waals surface area (Å²) in [5.41, 5.74) is 1.93. The molecule has 1 saturated heterocycles. The van der Waals surface area contributed by atoms with Crippen molar-refractivity contribution in [1.82, 2.24) is 9.80 Å². The molecule has 0 bridgehead atoms. The van der Waals surface area contributed by atoms with E-state index in [0.29, 0.717) is 44.5 Å². The van der Waals surface area contributed by atoms with Gasteiger partial charge in [-0.1, -0.05) is 12.1 Å². The van der Waals surface area contributed by atoms with Crippen LogP contribution in [0.2, 0.25) is 0 Å². The maximum absolute atomic E-state index is 13.5. The summed E-state index contributed by atoms with van der Waals surface area (Å²) in [6, 6.07) is 10.5. The van der Waals surface area contributed by atoms with E-state index in [2.05, 4.69) is 5.32 Å². The van der Waals surface area contributed by atoms with Gasteiger partial charge in [0.15, 0.2) is 0 Å². The molecule has 2 aromatic carbocycles. The number of amides is 2. The number of hydrogen-bond acceptors (Lipinski definition) is 3. The van der Waals surface area contributed by atoms with E-state index in [4.69, 9.17) is 0 Å². The lowest BCUT2D eigenvalue weighted by Crippen LogP contribution is -2.54. The van der Waals surface area contributed by atoms with E-state index >= 15 is 0 Å². The van der Waals surface area contributed by atoms with Gasteiger partial charge in [0.2, 0.25) is 0 Å². The van der Waals surface area contributed by atoms with Crippen LogP contribution in [0, 0.1) is 11.6 Å². The van der Waals surface area contributed by atoms with E-state index in [1.54, 1.807) is 30.1 Å². The lowest BCUT2D eigenvalue weighted by molar-refractivity contribution is 0.0916. The Labute approximate surface area is 168 Å². The second kappa shape index (κ2) is 7.63. The van der Waals surface area contributed by atoms with Crippen molar-refractivity contribution in [3.05, 3.63) is 65.2 Å². The molecule has 1 unspecified atom stereocenters. The molecule has 1 atom stereocenters. The standard InChI is InChI=1S/C22H25F2N3O2/c1-26(14-15-2-4-16(23)5-3-15)21(29)27-10-8-22(9-11-27)13-20(28)18-12-17(24)6-7-19(18)25-22/h2-7,12,20,25,28H,8-11,13-14H2,1H3. The first-order valence-corrected chi connectivity index (χ1v) is 9.85. The predicted octanol–water partition coefficient (Wildman–Crippen LogP) is 3.90. The first-order chi connectivity index (χ1) is 13.8. The topological polar surface area (TPSA) is 55.8 Å².